The van der Waals surface area contributed by atoms with Gasteiger partial charge >= 0.3 is 0 Å². The topological polar surface area (TPSA) is 54.9 Å². The van der Waals surface area contributed by atoms with Crippen LogP contribution in [0.2, 0.25) is 0 Å². The van der Waals surface area contributed by atoms with Gasteiger partial charge in [0.2, 0.25) is 0 Å². The van der Waals surface area contributed by atoms with Crippen molar-refractivity contribution in [2.45, 2.75) is 13.3 Å². The lowest BCUT2D eigenvalue weighted by Gasteiger charge is -2.13. The summed E-state index contributed by atoms with van der Waals surface area (Å²) in [7, 11) is 3.46. The van der Waals surface area contributed by atoms with Crippen molar-refractivity contribution in [2.75, 3.05) is 40.5 Å². The maximum atomic E-state index is 5.33. The summed E-state index contributed by atoms with van der Waals surface area (Å²) in [6, 6.07) is 8.05. The average Bonchev–Trinajstić information content (AvgIpc) is 2.50. The van der Waals surface area contributed by atoms with Crippen LogP contribution in [0.25, 0.3) is 0 Å². The van der Waals surface area contributed by atoms with E-state index in [0.29, 0.717) is 6.61 Å². The van der Waals surface area contributed by atoms with E-state index in [4.69, 9.17) is 9.47 Å². The molecule has 1 rings (SSSR count). The summed E-state index contributed by atoms with van der Waals surface area (Å²) >= 11 is 0. The van der Waals surface area contributed by atoms with Crippen molar-refractivity contribution in [3.63, 3.8) is 0 Å². The molecule has 120 valence electrons. The minimum Gasteiger partial charge on any atom is -0.496 e. The molecule has 21 heavy (non-hydrogen) atoms. The molecule has 0 saturated heterocycles. The molecule has 0 spiro atoms. The Bertz CT molecular complexity index is 414. The van der Waals surface area contributed by atoms with E-state index in [1.165, 1.54) is 5.56 Å². The van der Waals surface area contributed by atoms with Gasteiger partial charge in [0.15, 0.2) is 5.96 Å². The molecule has 0 atom stereocenters. The number of benzene rings is 1. The molecule has 0 saturated carbocycles. The van der Waals surface area contributed by atoms with E-state index < -0.39 is 0 Å². The first-order valence-electron chi connectivity index (χ1n) is 6.96. The molecule has 0 radical (unpaired) electrons. The van der Waals surface area contributed by atoms with Crippen LogP contribution in [0.5, 0.6) is 5.75 Å². The Morgan fingerprint density at radius 3 is 2.57 bits per heavy atom. The van der Waals surface area contributed by atoms with Crippen LogP contribution >= 0.6 is 24.0 Å². The largest absolute Gasteiger partial charge is 0.496 e. The minimum atomic E-state index is 0. The number of methoxy groups -OCH3 is 1. The van der Waals surface area contributed by atoms with Crippen LogP contribution in [-0.2, 0) is 11.2 Å². The third-order valence-corrected chi connectivity index (χ3v) is 2.85. The van der Waals surface area contributed by atoms with Crippen molar-refractivity contribution in [3.05, 3.63) is 29.8 Å². The van der Waals surface area contributed by atoms with E-state index in [1.807, 2.05) is 25.1 Å². The number of hydrogen-bond acceptors (Lipinski definition) is 3. The van der Waals surface area contributed by atoms with Crippen molar-refractivity contribution >= 4 is 29.9 Å². The number of halogens is 1. The Labute approximate surface area is 144 Å². The Morgan fingerprint density at radius 1 is 1.19 bits per heavy atom. The van der Waals surface area contributed by atoms with Gasteiger partial charge < -0.3 is 20.1 Å². The van der Waals surface area contributed by atoms with Gasteiger partial charge in [0.1, 0.15) is 5.75 Å². The summed E-state index contributed by atoms with van der Waals surface area (Å²) in [6.07, 6.45) is 0.885. The van der Waals surface area contributed by atoms with Gasteiger partial charge in [-0.05, 0) is 25.0 Å². The summed E-state index contributed by atoms with van der Waals surface area (Å²) in [5.74, 6) is 1.72. The summed E-state index contributed by atoms with van der Waals surface area (Å²) < 4.78 is 10.6. The van der Waals surface area contributed by atoms with E-state index in [2.05, 4.69) is 21.7 Å². The standard InChI is InChI=1S/C15H25N3O2.HI/c1-4-20-12-11-18-15(16-2)17-10-9-13-7-5-6-8-14(13)19-3;/h5-8H,4,9-12H2,1-3H3,(H2,16,17,18);1H. The summed E-state index contributed by atoms with van der Waals surface area (Å²) in [5, 5.41) is 6.48. The third-order valence-electron chi connectivity index (χ3n) is 2.85. The van der Waals surface area contributed by atoms with Gasteiger partial charge in [-0.3, -0.25) is 4.99 Å². The molecule has 0 aliphatic rings. The van der Waals surface area contributed by atoms with Crippen molar-refractivity contribution in [2.24, 2.45) is 4.99 Å². The molecule has 1 aromatic carbocycles. The van der Waals surface area contributed by atoms with Crippen LogP contribution in [0.3, 0.4) is 0 Å². The highest BCUT2D eigenvalue weighted by Gasteiger charge is 2.02. The number of nitrogens with zero attached hydrogens (tertiary/aromatic N) is 1. The summed E-state index contributed by atoms with van der Waals surface area (Å²) in [5.41, 5.74) is 1.19. The monoisotopic (exact) mass is 407 g/mol. The van der Waals surface area contributed by atoms with Crippen LogP contribution in [0.15, 0.2) is 29.3 Å². The fourth-order valence-corrected chi connectivity index (χ4v) is 1.83. The van der Waals surface area contributed by atoms with Gasteiger partial charge in [-0.2, -0.15) is 0 Å². The molecule has 5 nitrogen and oxygen atoms in total. The van der Waals surface area contributed by atoms with Crippen LogP contribution in [0.1, 0.15) is 12.5 Å². The van der Waals surface area contributed by atoms with Gasteiger partial charge in [-0.15, -0.1) is 24.0 Å². The Kier molecular flexibility index (Phi) is 12.1. The maximum absolute atomic E-state index is 5.33. The van der Waals surface area contributed by atoms with Crippen LogP contribution in [0.4, 0.5) is 0 Å². The SMILES string of the molecule is CCOCCNC(=NC)NCCc1ccccc1OC.I. The number of guanidine groups is 1. The van der Waals surface area contributed by atoms with Crippen molar-refractivity contribution in [1.29, 1.82) is 0 Å². The zero-order valence-electron chi connectivity index (χ0n) is 13.0. The Hall–Kier alpha value is -1.02. The quantitative estimate of drug-likeness (QED) is 0.300. The molecule has 0 amide bonds. The fourth-order valence-electron chi connectivity index (χ4n) is 1.83. The zero-order valence-corrected chi connectivity index (χ0v) is 15.3. The predicted octanol–water partition coefficient (Wildman–Crippen LogP) is 2.06. The molecule has 0 fully saturated rings. The van der Waals surface area contributed by atoms with Crippen LogP contribution < -0.4 is 15.4 Å². The van der Waals surface area contributed by atoms with E-state index in [0.717, 1.165) is 37.8 Å². The van der Waals surface area contributed by atoms with Crippen LogP contribution in [-0.4, -0.2) is 46.4 Å². The molecular formula is C15H26IN3O2. The number of rotatable bonds is 8. The molecule has 0 aliphatic carbocycles. The molecule has 0 aliphatic heterocycles. The molecule has 0 heterocycles. The number of para-hydroxylation sites is 1. The average molecular weight is 407 g/mol. The molecular weight excluding hydrogens is 381 g/mol. The number of nitrogens with one attached hydrogen (secondary N) is 2. The highest BCUT2D eigenvalue weighted by molar-refractivity contribution is 14.0. The number of ether oxygens (including phenoxy) is 2. The Morgan fingerprint density at radius 2 is 1.90 bits per heavy atom. The van der Waals surface area contributed by atoms with Gasteiger partial charge in [-0.25, -0.2) is 0 Å². The third kappa shape index (κ3) is 8.11. The van der Waals surface area contributed by atoms with Gasteiger partial charge in [-0.1, -0.05) is 18.2 Å². The van der Waals surface area contributed by atoms with E-state index in [9.17, 15) is 0 Å². The molecule has 0 bridgehead atoms. The van der Waals surface area contributed by atoms with Gasteiger partial charge in [0, 0.05) is 26.7 Å². The van der Waals surface area contributed by atoms with Crippen molar-refractivity contribution < 1.29 is 9.47 Å². The van der Waals surface area contributed by atoms with Crippen molar-refractivity contribution in [3.8, 4) is 5.75 Å². The number of aliphatic imine (C=N–C) groups is 1. The minimum absolute atomic E-state index is 0. The van der Waals surface area contributed by atoms with E-state index in [-0.39, 0.29) is 24.0 Å². The lowest BCUT2D eigenvalue weighted by molar-refractivity contribution is 0.152. The fraction of sp³-hybridized carbons (Fsp3) is 0.533. The van der Waals surface area contributed by atoms with E-state index >= 15 is 0 Å². The highest BCUT2D eigenvalue weighted by atomic mass is 127. The smallest absolute Gasteiger partial charge is 0.191 e. The first kappa shape index (κ1) is 20.0. The van der Waals surface area contributed by atoms with Crippen molar-refractivity contribution in [1.82, 2.24) is 10.6 Å². The highest BCUT2D eigenvalue weighted by Crippen LogP contribution is 2.17. The second-order valence-electron chi connectivity index (χ2n) is 4.18. The van der Waals surface area contributed by atoms with Gasteiger partial charge in [0.25, 0.3) is 0 Å². The van der Waals surface area contributed by atoms with Crippen LogP contribution in [0, 0.1) is 0 Å². The molecule has 6 heteroatoms. The molecule has 2 N–H and O–H groups in total. The first-order chi connectivity index (χ1) is 9.81. The Balaban J connectivity index is 0.00000400. The second kappa shape index (κ2) is 12.7. The second-order valence-corrected chi connectivity index (χ2v) is 4.18. The normalized spacial score (nSPS) is 10.7. The lowest BCUT2D eigenvalue weighted by atomic mass is 10.1. The first-order valence-corrected chi connectivity index (χ1v) is 6.96. The number of hydrogen-bond donors (Lipinski definition) is 2. The maximum Gasteiger partial charge on any atom is 0.191 e. The molecule has 0 aromatic heterocycles. The van der Waals surface area contributed by atoms with E-state index in [1.54, 1.807) is 14.2 Å². The predicted molar refractivity (Wildman–Crippen MR) is 98.0 cm³/mol. The summed E-state index contributed by atoms with van der Waals surface area (Å²) in [4.78, 5) is 4.17. The zero-order chi connectivity index (χ0) is 14.6. The molecule has 0 unspecified atom stereocenters. The summed E-state index contributed by atoms with van der Waals surface area (Å²) in [6.45, 7) is 4.96. The molecule has 1 aromatic rings. The van der Waals surface area contributed by atoms with Gasteiger partial charge in [0.05, 0.1) is 13.7 Å². The lowest BCUT2D eigenvalue weighted by Crippen LogP contribution is -2.39.